The van der Waals surface area contributed by atoms with E-state index in [9.17, 15) is 9.59 Å². The number of nitrogens with zero attached hydrogens (tertiary/aromatic N) is 3. The minimum Gasteiger partial charge on any atom is -0.481 e. The number of hydrogen-bond donors (Lipinski definition) is 2. The molecule has 7 nitrogen and oxygen atoms in total. The van der Waals surface area contributed by atoms with Crippen LogP contribution in [-0.2, 0) is 4.79 Å². The fraction of sp³-hybridized carbons (Fsp3) is 0.696. The van der Waals surface area contributed by atoms with Crippen molar-refractivity contribution >= 4 is 17.7 Å². The zero-order valence-corrected chi connectivity index (χ0v) is 17.5. The number of aliphatic carboxylic acids is 1. The van der Waals surface area contributed by atoms with Gasteiger partial charge in [0.25, 0.3) is 5.91 Å². The van der Waals surface area contributed by atoms with Crippen molar-refractivity contribution < 1.29 is 14.7 Å². The van der Waals surface area contributed by atoms with Gasteiger partial charge in [0.05, 0.1) is 6.42 Å². The van der Waals surface area contributed by atoms with Gasteiger partial charge in [0.1, 0.15) is 11.5 Å². The highest BCUT2D eigenvalue weighted by Crippen LogP contribution is 2.53. The van der Waals surface area contributed by atoms with E-state index in [2.05, 4.69) is 20.1 Å². The average molecular weight is 413 g/mol. The third-order valence-electron chi connectivity index (χ3n) is 7.83. The Hall–Kier alpha value is -2.15. The van der Waals surface area contributed by atoms with E-state index in [1.807, 2.05) is 18.2 Å². The van der Waals surface area contributed by atoms with Gasteiger partial charge in [0, 0.05) is 38.8 Å². The monoisotopic (exact) mass is 412 g/mol. The molecule has 0 spiro atoms. The van der Waals surface area contributed by atoms with Gasteiger partial charge < -0.3 is 15.3 Å². The minimum atomic E-state index is -0.753. The molecule has 1 saturated heterocycles. The number of carbonyl (C=O) groups excluding carboxylic acids is 1. The maximum atomic E-state index is 13.0. The number of anilines is 1. The Morgan fingerprint density at radius 1 is 1.00 bits per heavy atom. The first-order valence-electron chi connectivity index (χ1n) is 11.5. The van der Waals surface area contributed by atoms with Crippen LogP contribution >= 0.6 is 0 Å². The van der Waals surface area contributed by atoms with Crippen molar-refractivity contribution in [1.29, 1.82) is 0 Å². The van der Waals surface area contributed by atoms with E-state index in [1.165, 1.54) is 32.1 Å². The molecule has 7 heteroatoms. The van der Waals surface area contributed by atoms with Crippen LogP contribution in [0.15, 0.2) is 18.2 Å². The van der Waals surface area contributed by atoms with Crippen molar-refractivity contribution in [3.8, 4) is 0 Å². The predicted octanol–water partition coefficient (Wildman–Crippen LogP) is 2.23. The number of pyridine rings is 1. The van der Waals surface area contributed by atoms with Crippen molar-refractivity contribution in [2.24, 2.45) is 23.7 Å². The minimum absolute atomic E-state index is 0.0329. The molecule has 162 valence electrons. The Kier molecular flexibility index (Phi) is 5.39. The average Bonchev–Trinajstić information content (AvgIpc) is 2.74. The molecule has 4 saturated carbocycles. The SMILES string of the molecule is O=C(O)CCN1CCN(c2cccc(C(=O)NC3C4CC5CC(C4)CC3C5)n2)CC1. The number of nitrogens with one attached hydrogen (secondary N) is 1. The molecule has 6 rings (SSSR count). The van der Waals surface area contributed by atoms with Crippen LogP contribution in [0.25, 0.3) is 0 Å². The standard InChI is InChI=1S/C23H32N4O3/c28-21(29)4-5-26-6-8-27(9-7-26)20-3-1-2-19(24-20)23(30)25-22-17-11-15-10-16(13-17)14-18(22)12-15/h1-3,15-18,22H,4-14H2,(H,25,30)(H,28,29). The van der Waals surface area contributed by atoms with Crippen LogP contribution in [0.3, 0.4) is 0 Å². The van der Waals surface area contributed by atoms with Crippen molar-refractivity contribution in [2.45, 2.75) is 44.6 Å². The molecule has 5 aliphatic rings. The van der Waals surface area contributed by atoms with Crippen LogP contribution in [0.1, 0.15) is 49.0 Å². The summed E-state index contributed by atoms with van der Waals surface area (Å²) < 4.78 is 0. The first kappa shape index (κ1) is 19.8. The number of carboxylic acid groups (broad SMARTS) is 1. The van der Waals surface area contributed by atoms with Crippen molar-refractivity contribution in [3.63, 3.8) is 0 Å². The van der Waals surface area contributed by atoms with Crippen molar-refractivity contribution in [1.82, 2.24) is 15.2 Å². The van der Waals surface area contributed by atoms with E-state index in [0.29, 0.717) is 30.1 Å². The maximum Gasteiger partial charge on any atom is 0.304 e. The fourth-order valence-electron chi connectivity index (χ4n) is 6.57. The molecule has 2 heterocycles. The molecule has 30 heavy (non-hydrogen) atoms. The lowest BCUT2D eigenvalue weighted by atomic mass is 9.54. The predicted molar refractivity (Wildman–Crippen MR) is 113 cm³/mol. The van der Waals surface area contributed by atoms with Crippen LogP contribution in [-0.4, -0.2) is 65.6 Å². The number of carbonyl (C=O) groups is 2. The van der Waals surface area contributed by atoms with Crippen LogP contribution in [0.4, 0.5) is 5.82 Å². The highest BCUT2D eigenvalue weighted by Gasteiger charge is 2.48. The normalized spacial score (nSPS) is 32.9. The number of amides is 1. The Bertz CT molecular complexity index is 777. The summed E-state index contributed by atoms with van der Waals surface area (Å²) in [6.07, 6.45) is 6.75. The van der Waals surface area contributed by atoms with Crippen LogP contribution in [0.5, 0.6) is 0 Å². The number of aromatic nitrogens is 1. The summed E-state index contributed by atoms with van der Waals surface area (Å²) in [4.78, 5) is 32.8. The summed E-state index contributed by atoms with van der Waals surface area (Å²) in [5.74, 6) is 3.17. The van der Waals surface area contributed by atoms with Gasteiger partial charge >= 0.3 is 5.97 Å². The number of piperazine rings is 1. The lowest BCUT2D eigenvalue weighted by Gasteiger charge is -2.54. The van der Waals surface area contributed by atoms with E-state index >= 15 is 0 Å². The molecular weight excluding hydrogens is 380 g/mol. The topological polar surface area (TPSA) is 85.8 Å². The van der Waals surface area contributed by atoms with Gasteiger partial charge in [-0.15, -0.1) is 0 Å². The molecule has 0 radical (unpaired) electrons. The van der Waals surface area contributed by atoms with Gasteiger partial charge in [-0.2, -0.15) is 0 Å². The summed E-state index contributed by atoms with van der Waals surface area (Å²) in [6, 6.07) is 6.03. The molecule has 0 atom stereocenters. The van der Waals surface area contributed by atoms with Crippen LogP contribution in [0.2, 0.25) is 0 Å². The molecule has 0 unspecified atom stereocenters. The maximum absolute atomic E-state index is 13.0. The van der Waals surface area contributed by atoms with E-state index in [4.69, 9.17) is 5.11 Å². The Morgan fingerprint density at radius 3 is 2.30 bits per heavy atom. The van der Waals surface area contributed by atoms with Crippen molar-refractivity contribution in [3.05, 3.63) is 23.9 Å². The van der Waals surface area contributed by atoms with E-state index < -0.39 is 5.97 Å². The quantitative estimate of drug-likeness (QED) is 0.745. The molecule has 1 aliphatic heterocycles. The Morgan fingerprint density at radius 2 is 1.67 bits per heavy atom. The first-order valence-corrected chi connectivity index (χ1v) is 11.5. The van der Waals surface area contributed by atoms with Crippen LogP contribution < -0.4 is 10.2 Å². The summed E-state index contributed by atoms with van der Waals surface area (Å²) in [7, 11) is 0. The molecule has 2 N–H and O–H groups in total. The highest BCUT2D eigenvalue weighted by atomic mass is 16.4. The highest BCUT2D eigenvalue weighted by molar-refractivity contribution is 5.93. The third-order valence-corrected chi connectivity index (χ3v) is 7.83. The lowest BCUT2D eigenvalue weighted by molar-refractivity contribution is -0.137. The molecule has 0 aromatic carbocycles. The molecule has 4 aliphatic carbocycles. The second-order valence-corrected chi connectivity index (χ2v) is 9.78. The smallest absolute Gasteiger partial charge is 0.304 e. The van der Waals surface area contributed by atoms with E-state index in [-0.39, 0.29) is 12.3 Å². The fourth-order valence-corrected chi connectivity index (χ4v) is 6.57. The largest absolute Gasteiger partial charge is 0.481 e. The van der Waals surface area contributed by atoms with Gasteiger partial charge in [-0.25, -0.2) is 4.98 Å². The van der Waals surface area contributed by atoms with Gasteiger partial charge in [-0.1, -0.05) is 6.07 Å². The molecule has 1 aromatic rings. The van der Waals surface area contributed by atoms with Crippen LogP contribution in [0, 0.1) is 23.7 Å². The molecule has 1 aromatic heterocycles. The Balaban J connectivity index is 1.19. The Labute approximate surface area is 177 Å². The van der Waals surface area contributed by atoms with Gasteiger partial charge in [0.2, 0.25) is 0 Å². The second-order valence-electron chi connectivity index (χ2n) is 9.78. The van der Waals surface area contributed by atoms with E-state index in [0.717, 1.165) is 43.8 Å². The lowest BCUT2D eigenvalue weighted by Crippen LogP contribution is -2.55. The summed E-state index contributed by atoms with van der Waals surface area (Å²) >= 11 is 0. The second kappa shape index (κ2) is 8.17. The summed E-state index contributed by atoms with van der Waals surface area (Å²) in [6.45, 7) is 3.82. The molecule has 5 fully saturated rings. The number of rotatable bonds is 6. The zero-order chi connectivity index (χ0) is 20.7. The molecular formula is C23H32N4O3. The van der Waals surface area contributed by atoms with Gasteiger partial charge in [-0.05, 0) is 67.9 Å². The molecule has 1 amide bonds. The first-order chi connectivity index (χ1) is 14.5. The van der Waals surface area contributed by atoms with Crippen molar-refractivity contribution in [2.75, 3.05) is 37.6 Å². The number of carboxylic acids is 1. The zero-order valence-electron chi connectivity index (χ0n) is 17.5. The third kappa shape index (κ3) is 4.04. The summed E-state index contributed by atoms with van der Waals surface area (Å²) in [5.41, 5.74) is 0.509. The van der Waals surface area contributed by atoms with E-state index in [1.54, 1.807) is 0 Å². The van der Waals surface area contributed by atoms with Gasteiger partial charge in [0.15, 0.2) is 0 Å². The molecule has 4 bridgehead atoms. The number of hydrogen-bond acceptors (Lipinski definition) is 5. The van der Waals surface area contributed by atoms with Gasteiger partial charge in [-0.3, -0.25) is 14.5 Å². The summed E-state index contributed by atoms with van der Waals surface area (Å²) in [5, 5.41) is 12.2.